The molecule has 0 heterocycles. The zero-order valence-electron chi connectivity index (χ0n) is 15.8. The summed E-state index contributed by atoms with van der Waals surface area (Å²) in [4.78, 5) is 22.4. The van der Waals surface area contributed by atoms with Gasteiger partial charge in [0.05, 0.1) is 40.5 Å². The lowest BCUT2D eigenvalue weighted by Gasteiger charge is -2.10. The third-order valence-corrected chi connectivity index (χ3v) is 4.62. The van der Waals surface area contributed by atoms with Gasteiger partial charge in [0.1, 0.15) is 5.75 Å². The van der Waals surface area contributed by atoms with Crippen molar-refractivity contribution in [3.05, 3.63) is 47.0 Å². The van der Waals surface area contributed by atoms with Crippen LogP contribution in [0.1, 0.15) is 32.7 Å². The summed E-state index contributed by atoms with van der Waals surface area (Å²) in [6.45, 7) is 1.68. The first-order valence-electron chi connectivity index (χ1n) is 8.48. The van der Waals surface area contributed by atoms with E-state index in [1.54, 1.807) is 13.0 Å². The third kappa shape index (κ3) is 6.53. The van der Waals surface area contributed by atoms with Gasteiger partial charge < -0.3 is 20.7 Å². The Labute approximate surface area is 171 Å². The van der Waals surface area contributed by atoms with Gasteiger partial charge in [0.25, 0.3) is 10.1 Å². The second kappa shape index (κ2) is 9.33. The van der Waals surface area contributed by atoms with Crippen LogP contribution in [0.3, 0.4) is 0 Å². The van der Waals surface area contributed by atoms with Gasteiger partial charge in [-0.2, -0.15) is 18.6 Å². The Kier molecular flexibility index (Phi) is 7.08. The van der Waals surface area contributed by atoms with Crippen molar-refractivity contribution in [3.63, 3.8) is 0 Å². The molecule has 30 heavy (non-hydrogen) atoms. The Morgan fingerprint density at radius 2 is 1.63 bits per heavy atom. The first-order chi connectivity index (χ1) is 14.0. The minimum Gasteiger partial charge on any atom is -0.491 e. The van der Waals surface area contributed by atoms with Crippen LogP contribution >= 0.6 is 0 Å². The van der Waals surface area contributed by atoms with Gasteiger partial charge in [-0.3, -0.25) is 4.55 Å². The Balaban J connectivity index is 2.26. The predicted molar refractivity (Wildman–Crippen MR) is 107 cm³/mol. The van der Waals surface area contributed by atoms with Gasteiger partial charge >= 0.3 is 11.9 Å². The Hall–Kier alpha value is -3.51. The molecule has 0 bridgehead atoms. The number of aromatic carboxylic acids is 2. The molecule has 0 saturated heterocycles. The quantitative estimate of drug-likeness (QED) is 0.198. The molecular weight excluding hydrogens is 418 g/mol. The highest BCUT2D eigenvalue weighted by molar-refractivity contribution is 7.85. The first-order valence-corrected chi connectivity index (χ1v) is 10.1. The average molecular weight is 437 g/mol. The number of hydrogen-bond acceptors (Lipinski definition) is 8. The second-order valence-corrected chi connectivity index (χ2v) is 7.82. The summed E-state index contributed by atoms with van der Waals surface area (Å²) in [6.07, 6.45) is 0.0446. The number of aryl methyl sites for hydroxylation is 1. The number of nitrogens with two attached hydrogens (primary N) is 1. The summed E-state index contributed by atoms with van der Waals surface area (Å²) in [5.74, 6) is -2.86. The van der Waals surface area contributed by atoms with Crippen molar-refractivity contribution in [2.45, 2.75) is 13.3 Å². The van der Waals surface area contributed by atoms with E-state index in [9.17, 15) is 18.0 Å². The molecule has 0 aliphatic carbocycles. The van der Waals surface area contributed by atoms with E-state index in [1.807, 2.05) is 0 Å². The highest BCUT2D eigenvalue weighted by atomic mass is 32.2. The highest BCUT2D eigenvalue weighted by Gasteiger charge is 2.12. The van der Waals surface area contributed by atoms with Gasteiger partial charge in [-0.25, -0.2) is 9.59 Å². The van der Waals surface area contributed by atoms with Crippen molar-refractivity contribution in [1.82, 2.24) is 0 Å². The molecule has 5 N–H and O–H groups in total. The van der Waals surface area contributed by atoms with E-state index in [2.05, 4.69) is 10.2 Å². The van der Waals surface area contributed by atoms with Crippen LogP contribution < -0.4 is 10.5 Å². The van der Waals surface area contributed by atoms with Crippen molar-refractivity contribution in [3.8, 4) is 5.75 Å². The van der Waals surface area contributed by atoms with Crippen molar-refractivity contribution < 1.29 is 37.5 Å². The van der Waals surface area contributed by atoms with Gasteiger partial charge in [0.15, 0.2) is 0 Å². The van der Waals surface area contributed by atoms with E-state index < -0.39 is 27.8 Å². The smallest absolute Gasteiger partial charge is 0.335 e. The number of nitrogens with zero attached hydrogens (tertiary/aromatic N) is 2. The summed E-state index contributed by atoms with van der Waals surface area (Å²) in [5.41, 5.74) is 6.63. The Bertz CT molecular complexity index is 1080. The van der Waals surface area contributed by atoms with E-state index in [0.29, 0.717) is 11.3 Å². The molecule has 0 saturated carbocycles. The number of nitrogen functional groups attached to an aromatic ring is 1. The number of hydrogen-bond donors (Lipinski definition) is 4. The van der Waals surface area contributed by atoms with Crippen LogP contribution in [0.15, 0.2) is 40.6 Å². The fourth-order valence-corrected chi connectivity index (χ4v) is 2.87. The zero-order chi connectivity index (χ0) is 22.5. The summed E-state index contributed by atoms with van der Waals surface area (Å²) in [5, 5.41) is 26.2. The van der Waals surface area contributed by atoms with E-state index in [0.717, 1.165) is 6.07 Å². The Morgan fingerprint density at radius 3 is 2.17 bits per heavy atom. The molecule has 11 nitrogen and oxygen atoms in total. The number of carboxylic acid groups (broad SMARTS) is 2. The van der Waals surface area contributed by atoms with Crippen molar-refractivity contribution in [2.24, 2.45) is 10.2 Å². The molecule has 0 radical (unpaired) electrons. The van der Waals surface area contributed by atoms with E-state index >= 15 is 0 Å². The molecule has 0 aliphatic heterocycles. The number of carbonyl (C=O) groups is 2. The lowest BCUT2D eigenvalue weighted by molar-refractivity contribution is 0.0696. The maximum Gasteiger partial charge on any atom is 0.335 e. The lowest BCUT2D eigenvalue weighted by atomic mass is 10.1. The van der Waals surface area contributed by atoms with Gasteiger partial charge in [-0.15, -0.1) is 0 Å². The van der Waals surface area contributed by atoms with E-state index in [-0.39, 0.29) is 41.3 Å². The fourth-order valence-electron chi connectivity index (χ4n) is 2.38. The fraction of sp³-hybridized carbons (Fsp3) is 0.222. The van der Waals surface area contributed by atoms with Crippen molar-refractivity contribution in [2.75, 3.05) is 18.1 Å². The van der Waals surface area contributed by atoms with E-state index in [4.69, 9.17) is 25.2 Å². The van der Waals surface area contributed by atoms with Crippen LogP contribution in [-0.2, 0) is 10.1 Å². The summed E-state index contributed by atoms with van der Waals surface area (Å²) in [7, 11) is -4.09. The minimum atomic E-state index is -4.09. The number of benzene rings is 2. The average Bonchev–Trinajstić information content (AvgIpc) is 2.64. The minimum absolute atomic E-state index is 0.0216. The molecule has 0 unspecified atom stereocenters. The van der Waals surface area contributed by atoms with Gasteiger partial charge in [-0.05, 0) is 43.2 Å². The lowest BCUT2D eigenvalue weighted by Crippen LogP contribution is -2.09. The zero-order valence-corrected chi connectivity index (χ0v) is 16.6. The maximum absolute atomic E-state index is 11.2. The summed E-state index contributed by atoms with van der Waals surface area (Å²) >= 11 is 0. The summed E-state index contributed by atoms with van der Waals surface area (Å²) in [6, 6.07) is 6.38. The molecule has 0 amide bonds. The molecule has 2 aromatic rings. The normalized spacial score (nSPS) is 11.5. The van der Waals surface area contributed by atoms with Gasteiger partial charge in [0, 0.05) is 6.07 Å². The first kappa shape index (κ1) is 22.8. The second-order valence-electron chi connectivity index (χ2n) is 6.24. The Morgan fingerprint density at radius 1 is 1.03 bits per heavy atom. The van der Waals surface area contributed by atoms with Crippen LogP contribution in [-0.4, -0.2) is 47.5 Å². The molecule has 2 aromatic carbocycles. The maximum atomic E-state index is 11.2. The molecule has 0 aliphatic rings. The largest absolute Gasteiger partial charge is 0.491 e. The van der Waals surface area contributed by atoms with Crippen LogP contribution in [0.4, 0.5) is 17.1 Å². The van der Waals surface area contributed by atoms with E-state index in [1.165, 1.54) is 18.2 Å². The molecule has 0 aromatic heterocycles. The molecular formula is C18H19N3O8S. The molecule has 0 atom stereocenters. The molecule has 12 heteroatoms. The van der Waals surface area contributed by atoms with Crippen molar-refractivity contribution >= 4 is 39.1 Å². The van der Waals surface area contributed by atoms with Crippen LogP contribution in [0, 0.1) is 6.92 Å². The number of carboxylic acids is 2. The number of rotatable bonds is 9. The summed E-state index contributed by atoms with van der Waals surface area (Å²) < 4.78 is 35.6. The molecule has 160 valence electrons. The topological polar surface area (TPSA) is 189 Å². The molecule has 2 rings (SSSR count). The number of anilines is 1. The SMILES string of the molecule is Cc1cc(N)c(OCCCS(=O)(=O)O)cc1N=Nc1cc(C(=O)O)cc(C(=O)O)c1. The monoisotopic (exact) mass is 437 g/mol. The molecule has 0 spiro atoms. The van der Waals surface area contributed by atoms with Crippen LogP contribution in [0.5, 0.6) is 5.75 Å². The predicted octanol–water partition coefficient (Wildman–Crippen LogP) is 3.05. The van der Waals surface area contributed by atoms with Gasteiger partial charge in [0.2, 0.25) is 0 Å². The highest BCUT2D eigenvalue weighted by Crippen LogP contribution is 2.32. The third-order valence-electron chi connectivity index (χ3n) is 3.82. The van der Waals surface area contributed by atoms with Crippen LogP contribution in [0.25, 0.3) is 0 Å². The van der Waals surface area contributed by atoms with Crippen molar-refractivity contribution in [1.29, 1.82) is 0 Å². The standard InChI is InChI=1S/C18H19N3O8S/c1-10-5-14(19)16(29-3-2-4-30(26,27)28)9-15(10)21-20-13-7-11(17(22)23)6-12(8-13)18(24)25/h5-9H,2-4,19H2,1H3,(H,22,23)(H,24,25)(H,26,27,28). The van der Waals surface area contributed by atoms with Gasteiger partial charge in [-0.1, -0.05) is 0 Å². The molecule has 0 fully saturated rings. The number of azo groups is 1. The van der Waals surface area contributed by atoms with Crippen LogP contribution in [0.2, 0.25) is 0 Å². The number of ether oxygens (including phenoxy) is 1.